The topological polar surface area (TPSA) is 75.7 Å². The number of nitrogens with one attached hydrogen (secondary N) is 1. The molecule has 122 valence electrons. The number of anilines is 2. The van der Waals surface area contributed by atoms with Gasteiger partial charge in [0.25, 0.3) is 5.91 Å². The fraction of sp³-hybridized carbons (Fsp3) is 0.400. The maximum absolute atomic E-state index is 12.3. The molecule has 0 bridgehead atoms. The van der Waals surface area contributed by atoms with Gasteiger partial charge in [0, 0.05) is 6.42 Å². The number of halogens is 2. The first-order chi connectivity index (χ1) is 10.7. The summed E-state index contributed by atoms with van der Waals surface area (Å²) in [7, 11) is 0. The first kappa shape index (κ1) is 16.1. The van der Waals surface area contributed by atoms with E-state index in [0.717, 1.165) is 0 Å². The largest absolute Gasteiger partial charge is 0.455 e. The third-order valence-electron chi connectivity index (χ3n) is 4.11. The third kappa shape index (κ3) is 2.77. The number of nitrogens with zero attached hydrogens (tertiary/aromatic N) is 1. The predicted octanol–water partition coefficient (Wildman–Crippen LogP) is 2.10. The summed E-state index contributed by atoms with van der Waals surface area (Å²) in [5.74, 6) is -1.41. The monoisotopic (exact) mass is 356 g/mol. The number of rotatable bonds is 3. The van der Waals surface area contributed by atoms with E-state index in [1.807, 2.05) is 0 Å². The standard InChI is InChI=1S/C15H14Cl2N2O4/c1-14(8-15(14,16)17)13(22)23-7-12(21)19-6-11(20)18-9-4-2-3-5-10(9)19/h2-5H,6-8H2,1H3,(H,18,20)/t14-/m1/s1. The Balaban J connectivity index is 1.68. The molecular weight excluding hydrogens is 343 g/mol. The van der Waals surface area contributed by atoms with Crippen LogP contribution in [0.4, 0.5) is 11.4 Å². The molecule has 8 heteroatoms. The molecule has 23 heavy (non-hydrogen) atoms. The molecular formula is C15H14Cl2N2O4. The number of benzene rings is 1. The maximum atomic E-state index is 12.3. The Morgan fingerprint density at radius 2 is 2.00 bits per heavy atom. The van der Waals surface area contributed by atoms with Crippen molar-refractivity contribution in [2.45, 2.75) is 17.7 Å². The maximum Gasteiger partial charge on any atom is 0.315 e. The van der Waals surface area contributed by atoms with Gasteiger partial charge >= 0.3 is 5.97 Å². The molecule has 6 nitrogen and oxygen atoms in total. The number of hydrogen-bond donors (Lipinski definition) is 1. The van der Waals surface area contributed by atoms with E-state index in [2.05, 4.69) is 5.32 Å². The minimum Gasteiger partial charge on any atom is -0.455 e. The molecule has 2 aliphatic rings. The van der Waals surface area contributed by atoms with Gasteiger partial charge in [0.1, 0.15) is 16.3 Å². The molecule has 0 unspecified atom stereocenters. The van der Waals surface area contributed by atoms with Gasteiger partial charge in [-0.15, -0.1) is 23.2 Å². The van der Waals surface area contributed by atoms with Gasteiger partial charge in [-0.1, -0.05) is 12.1 Å². The molecule has 3 rings (SSSR count). The second kappa shape index (κ2) is 5.39. The van der Waals surface area contributed by atoms with Crippen LogP contribution in [0.5, 0.6) is 0 Å². The molecule has 1 fully saturated rings. The van der Waals surface area contributed by atoms with Crippen molar-refractivity contribution >= 4 is 52.4 Å². The van der Waals surface area contributed by atoms with Crippen LogP contribution in [0.2, 0.25) is 0 Å². The lowest BCUT2D eigenvalue weighted by Crippen LogP contribution is -2.44. The zero-order valence-electron chi connectivity index (χ0n) is 12.3. The lowest BCUT2D eigenvalue weighted by atomic mass is 10.1. The Bertz CT molecular complexity index is 706. The van der Waals surface area contributed by atoms with Crippen molar-refractivity contribution < 1.29 is 19.1 Å². The van der Waals surface area contributed by atoms with Crippen LogP contribution in [0.1, 0.15) is 13.3 Å². The van der Waals surface area contributed by atoms with Crippen molar-refractivity contribution in [3.8, 4) is 0 Å². The third-order valence-corrected chi connectivity index (χ3v) is 5.21. The van der Waals surface area contributed by atoms with Crippen LogP contribution >= 0.6 is 23.2 Å². The molecule has 1 aromatic carbocycles. The molecule has 1 aliphatic heterocycles. The summed E-state index contributed by atoms with van der Waals surface area (Å²) in [6.07, 6.45) is 0.283. The molecule has 0 aromatic heterocycles. The van der Waals surface area contributed by atoms with Gasteiger partial charge < -0.3 is 10.1 Å². The fourth-order valence-corrected chi connectivity index (χ4v) is 3.13. The zero-order chi connectivity index (χ0) is 16.8. The average Bonchev–Trinajstić information content (AvgIpc) is 3.03. The van der Waals surface area contributed by atoms with Crippen LogP contribution in [-0.4, -0.2) is 35.3 Å². The van der Waals surface area contributed by atoms with Crippen LogP contribution in [0.15, 0.2) is 24.3 Å². The van der Waals surface area contributed by atoms with E-state index in [4.69, 9.17) is 27.9 Å². The van der Waals surface area contributed by atoms with Crippen molar-refractivity contribution in [2.75, 3.05) is 23.4 Å². The Labute approximate surface area is 142 Å². The van der Waals surface area contributed by atoms with E-state index in [1.54, 1.807) is 31.2 Å². The minimum absolute atomic E-state index is 0.125. The molecule has 1 atom stereocenters. The minimum atomic E-state index is -1.15. The van der Waals surface area contributed by atoms with E-state index in [1.165, 1.54) is 4.90 Å². The molecule has 0 radical (unpaired) electrons. The average molecular weight is 357 g/mol. The lowest BCUT2D eigenvalue weighted by molar-refractivity contribution is -0.153. The van der Waals surface area contributed by atoms with Crippen molar-refractivity contribution in [1.82, 2.24) is 0 Å². The van der Waals surface area contributed by atoms with Crippen molar-refractivity contribution in [3.05, 3.63) is 24.3 Å². The summed E-state index contributed by atoms with van der Waals surface area (Å²) in [5.41, 5.74) is 0.112. The summed E-state index contributed by atoms with van der Waals surface area (Å²) in [6, 6.07) is 6.91. The highest BCUT2D eigenvalue weighted by Crippen LogP contribution is 2.64. The number of carbonyl (C=O) groups excluding carboxylic acids is 3. The van der Waals surface area contributed by atoms with Gasteiger partial charge in [-0.3, -0.25) is 19.3 Å². The number of carbonyl (C=O) groups is 3. The molecule has 2 amide bonds. The smallest absolute Gasteiger partial charge is 0.315 e. The van der Waals surface area contributed by atoms with Crippen molar-refractivity contribution in [1.29, 1.82) is 0 Å². The van der Waals surface area contributed by atoms with Crippen molar-refractivity contribution in [3.63, 3.8) is 0 Å². The molecule has 0 saturated heterocycles. The number of ether oxygens (including phenoxy) is 1. The Morgan fingerprint density at radius 1 is 1.35 bits per heavy atom. The van der Waals surface area contributed by atoms with Crippen LogP contribution in [0.25, 0.3) is 0 Å². The number of esters is 1. The summed E-state index contributed by atoms with van der Waals surface area (Å²) >= 11 is 11.8. The van der Waals surface area contributed by atoms with Gasteiger partial charge in [-0.25, -0.2) is 0 Å². The molecule has 1 aliphatic carbocycles. The second-order valence-corrected chi connectivity index (χ2v) is 7.32. The van der Waals surface area contributed by atoms with Crippen LogP contribution < -0.4 is 10.2 Å². The van der Waals surface area contributed by atoms with Gasteiger partial charge in [-0.2, -0.15) is 0 Å². The highest BCUT2D eigenvalue weighted by molar-refractivity contribution is 6.53. The quantitative estimate of drug-likeness (QED) is 0.664. The van der Waals surface area contributed by atoms with E-state index < -0.39 is 28.2 Å². The summed E-state index contributed by atoms with van der Waals surface area (Å²) in [6.45, 7) is 0.989. The van der Waals surface area contributed by atoms with E-state index in [0.29, 0.717) is 11.4 Å². The molecule has 1 aromatic rings. The summed E-state index contributed by atoms with van der Waals surface area (Å²) in [5, 5.41) is 2.68. The number of amides is 2. The lowest BCUT2D eigenvalue weighted by Gasteiger charge is -2.29. The number of fused-ring (bicyclic) bond motifs is 1. The fourth-order valence-electron chi connectivity index (χ4n) is 2.44. The van der Waals surface area contributed by atoms with Crippen LogP contribution in [0, 0.1) is 5.41 Å². The predicted molar refractivity (Wildman–Crippen MR) is 85.5 cm³/mol. The molecule has 0 spiro atoms. The molecule has 1 N–H and O–H groups in total. The van der Waals surface area contributed by atoms with Crippen molar-refractivity contribution in [2.24, 2.45) is 5.41 Å². The van der Waals surface area contributed by atoms with Gasteiger partial charge in [0.15, 0.2) is 6.61 Å². The Morgan fingerprint density at radius 3 is 2.65 bits per heavy atom. The normalized spacial score (nSPS) is 24.5. The Kier molecular flexibility index (Phi) is 3.77. The van der Waals surface area contributed by atoms with Crippen LogP contribution in [-0.2, 0) is 19.1 Å². The molecule has 1 saturated carbocycles. The summed E-state index contributed by atoms with van der Waals surface area (Å²) in [4.78, 5) is 37.3. The van der Waals surface area contributed by atoms with E-state index in [-0.39, 0.29) is 18.9 Å². The molecule has 1 heterocycles. The number of hydrogen-bond acceptors (Lipinski definition) is 4. The highest BCUT2D eigenvalue weighted by atomic mass is 35.5. The number of alkyl halides is 2. The SMILES string of the molecule is C[C@]1(C(=O)OCC(=O)N2CC(=O)Nc3ccccc32)CC1(Cl)Cl. The van der Waals surface area contributed by atoms with Gasteiger partial charge in [-0.05, 0) is 19.1 Å². The first-order valence-electron chi connectivity index (χ1n) is 6.99. The van der Waals surface area contributed by atoms with Gasteiger partial charge in [0.2, 0.25) is 5.91 Å². The van der Waals surface area contributed by atoms with E-state index in [9.17, 15) is 14.4 Å². The van der Waals surface area contributed by atoms with Crippen LogP contribution in [0.3, 0.4) is 0 Å². The second-order valence-electron chi connectivity index (χ2n) is 5.83. The number of para-hydroxylation sites is 2. The zero-order valence-corrected chi connectivity index (χ0v) is 13.8. The Hall–Kier alpha value is -1.79. The highest BCUT2D eigenvalue weighted by Gasteiger charge is 2.69. The van der Waals surface area contributed by atoms with E-state index >= 15 is 0 Å². The van der Waals surface area contributed by atoms with Gasteiger partial charge in [0.05, 0.1) is 11.4 Å². The summed E-state index contributed by atoms with van der Waals surface area (Å²) < 4.78 is 3.89. The first-order valence-corrected chi connectivity index (χ1v) is 7.74.